The van der Waals surface area contributed by atoms with Crippen molar-refractivity contribution < 1.29 is 9.53 Å². The molecule has 0 aliphatic heterocycles. The number of hydrogen-bond donors (Lipinski definition) is 1. The van der Waals surface area contributed by atoms with E-state index >= 15 is 0 Å². The van der Waals surface area contributed by atoms with Crippen molar-refractivity contribution in [2.24, 2.45) is 5.92 Å². The molecule has 0 spiro atoms. The van der Waals surface area contributed by atoms with Crippen LogP contribution in [0.4, 0.5) is 0 Å². The van der Waals surface area contributed by atoms with E-state index in [1.165, 1.54) is 6.20 Å². The number of nitriles is 1. The van der Waals surface area contributed by atoms with Gasteiger partial charge in [0.2, 0.25) is 0 Å². The van der Waals surface area contributed by atoms with Gasteiger partial charge in [0.05, 0.1) is 45.7 Å². The molecule has 2 aromatic carbocycles. The lowest BCUT2D eigenvalue weighted by atomic mass is 9.85. The Morgan fingerprint density at radius 2 is 1.89 bits per heavy atom. The van der Waals surface area contributed by atoms with E-state index in [9.17, 15) is 14.9 Å². The number of carbonyl (C=O) groups is 1. The standard InChI is InChI=1S/C29H28ClN5O3/c1-18-24(14-21(30)16-32-18)28(36)33-22-9-7-19(8-10-22)17-34-26-5-3-4-6-27(26)35(29(34)37)25-12-11-23(38-2)13-20(25)15-31/h3-6,11-14,16,19,22H,7-10,17H2,1-2H3,(H,33,36). The van der Waals surface area contributed by atoms with Crippen LogP contribution in [-0.2, 0) is 6.54 Å². The first-order valence-corrected chi connectivity index (χ1v) is 13.0. The molecule has 0 radical (unpaired) electrons. The number of benzene rings is 2. The Morgan fingerprint density at radius 3 is 2.61 bits per heavy atom. The molecular weight excluding hydrogens is 502 g/mol. The van der Waals surface area contributed by atoms with Gasteiger partial charge in [0.15, 0.2) is 0 Å². The summed E-state index contributed by atoms with van der Waals surface area (Å²) in [7, 11) is 1.55. The number of amides is 1. The van der Waals surface area contributed by atoms with Crippen molar-refractivity contribution in [3.8, 4) is 17.5 Å². The van der Waals surface area contributed by atoms with Crippen LogP contribution >= 0.6 is 11.6 Å². The number of aromatic nitrogens is 3. The zero-order valence-electron chi connectivity index (χ0n) is 21.3. The van der Waals surface area contributed by atoms with Crippen molar-refractivity contribution >= 4 is 28.5 Å². The van der Waals surface area contributed by atoms with Crippen molar-refractivity contribution in [2.45, 2.75) is 45.2 Å². The van der Waals surface area contributed by atoms with Crippen LogP contribution in [0.1, 0.15) is 47.3 Å². The summed E-state index contributed by atoms with van der Waals surface area (Å²) in [5.41, 5.74) is 3.46. The Bertz CT molecular complexity index is 1610. The molecular formula is C29H28ClN5O3. The molecule has 38 heavy (non-hydrogen) atoms. The van der Waals surface area contributed by atoms with E-state index in [2.05, 4.69) is 16.4 Å². The smallest absolute Gasteiger partial charge is 0.333 e. The third kappa shape index (κ3) is 4.90. The molecule has 1 saturated carbocycles. The molecule has 1 N–H and O–H groups in total. The van der Waals surface area contributed by atoms with Gasteiger partial charge in [0, 0.05) is 24.8 Å². The zero-order chi connectivity index (χ0) is 26.8. The Labute approximate surface area is 225 Å². The molecule has 0 unspecified atom stereocenters. The molecule has 2 aromatic heterocycles. The molecule has 0 atom stereocenters. The third-order valence-corrected chi connectivity index (χ3v) is 7.53. The summed E-state index contributed by atoms with van der Waals surface area (Å²) in [6.07, 6.45) is 4.96. The molecule has 5 rings (SSSR count). The molecule has 8 nitrogen and oxygen atoms in total. The van der Waals surface area contributed by atoms with E-state index in [1.807, 2.05) is 28.8 Å². The number of halogens is 1. The van der Waals surface area contributed by atoms with E-state index < -0.39 is 0 Å². The monoisotopic (exact) mass is 529 g/mol. The van der Waals surface area contributed by atoms with Gasteiger partial charge >= 0.3 is 5.69 Å². The number of nitrogens with one attached hydrogen (secondary N) is 1. The van der Waals surface area contributed by atoms with E-state index in [0.29, 0.717) is 45.7 Å². The maximum Gasteiger partial charge on any atom is 0.333 e. The number of aryl methyl sites for hydroxylation is 1. The maximum absolute atomic E-state index is 13.7. The highest BCUT2D eigenvalue weighted by atomic mass is 35.5. The predicted molar refractivity (Wildman–Crippen MR) is 146 cm³/mol. The summed E-state index contributed by atoms with van der Waals surface area (Å²) in [6.45, 7) is 2.37. The van der Waals surface area contributed by atoms with Crippen LogP contribution in [0, 0.1) is 24.2 Å². The number of imidazole rings is 1. The summed E-state index contributed by atoms with van der Waals surface area (Å²) < 4.78 is 8.68. The second-order valence-corrected chi connectivity index (χ2v) is 10.1. The fourth-order valence-corrected chi connectivity index (χ4v) is 5.45. The maximum atomic E-state index is 13.7. The van der Waals surface area contributed by atoms with Gasteiger partial charge in [-0.15, -0.1) is 0 Å². The summed E-state index contributed by atoms with van der Waals surface area (Å²) in [5.74, 6) is 0.696. The van der Waals surface area contributed by atoms with E-state index in [-0.39, 0.29) is 17.6 Å². The van der Waals surface area contributed by atoms with Crippen LogP contribution in [0.3, 0.4) is 0 Å². The minimum absolute atomic E-state index is 0.0627. The Hall–Kier alpha value is -4.09. The quantitative estimate of drug-likeness (QED) is 0.378. The molecule has 0 saturated heterocycles. The van der Waals surface area contributed by atoms with Crippen LogP contribution < -0.4 is 15.7 Å². The minimum atomic E-state index is -0.174. The van der Waals surface area contributed by atoms with Gasteiger partial charge in [-0.1, -0.05) is 23.7 Å². The predicted octanol–water partition coefficient (Wildman–Crippen LogP) is 5.02. The number of fused-ring (bicyclic) bond motifs is 1. The van der Waals surface area contributed by atoms with Gasteiger partial charge in [0.1, 0.15) is 11.8 Å². The van der Waals surface area contributed by atoms with Crippen molar-refractivity contribution in [1.82, 2.24) is 19.4 Å². The first-order chi connectivity index (χ1) is 18.4. The summed E-state index contributed by atoms with van der Waals surface area (Å²) in [4.78, 5) is 30.7. The van der Waals surface area contributed by atoms with Crippen LogP contribution in [0.2, 0.25) is 5.02 Å². The van der Waals surface area contributed by atoms with Crippen LogP contribution in [0.25, 0.3) is 16.7 Å². The number of rotatable bonds is 6. The minimum Gasteiger partial charge on any atom is -0.497 e. The highest BCUT2D eigenvalue weighted by Crippen LogP contribution is 2.29. The number of methoxy groups -OCH3 is 1. The van der Waals surface area contributed by atoms with Crippen molar-refractivity contribution in [1.29, 1.82) is 5.26 Å². The topological polar surface area (TPSA) is 102 Å². The Balaban J connectivity index is 1.35. The lowest BCUT2D eigenvalue weighted by Crippen LogP contribution is -2.39. The van der Waals surface area contributed by atoms with Gasteiger partial charge in [0.25, 0.3) is 5.91 Å². The van der Waals surface area contributed by atoms with Crippen molar-refractivity contribution in [2.75, 3.05) is 7.11 Å². The third-order valence-electron chi connectivity index (χ3n) is 7.32. The Kier molecular flexibility index (Phi) is 7.21. The second kappa shape index (κ2) is 10.7. The van der Waals surface area contributed by atoms with E-state index in [4.69, 9.17) is 16.3 Å². The molecule has 1 fully saturated rings. The van der Waals surface area contributed by atoms with Gasteiger partial charge in [-0.05, 0) is 68.9 Å². The fourth-order valence-electron chi connectivity index (χ4n) is 5.29. The number of carbonyl (C=O) groups excluding carboxylic acids is 1. The fraction of sp³-hybridized carbons (Fsp3) is 0.310. The van der Waals surface area contributed by atoms with Gasteiger partial charge < -0.3 is 10.1 Å². The Morgan fingerprint density at radius 1 is 1.16 bits per heavy atom. The summed E-state index contributed by atoms with van der Waals surface area (Å²) >= 11 is 6.03. The molecule has 2 heterocycles. The summed E-state index contributed by atoms with van der Waals surface area (Å²) in [6, 6.07) is 16.7. The molecule has 1 amide bonds. The number of nitrogens with zero attached hydrogens (tertiary/aromatic N) is 4. The molecule has 194 valence electrons. The van der Waals surface area contributed by atoms with Crippen molar-refractivity contribution in [3.63, 3.8) is 0 Å². The molecule has 9 heteroatoms. The van der Waals surface area contributed by atoms with Crippen LogP contribution in [0.5, 0.6) is 5.75 Å². The second-order valence-electron chi connectivity index (χ2n) is 9.69. The highest BCUT2D eigenvalue weighted by Gasteiger charge is 2.26. The van der Waals surface area contributed by atoms with Crippen LogP contribution in [0.15, 0.2) is 59.5 Å². The lowest BCUT2D eigenvalue weighted by molar-refractivity contribution is 0.0919. The summed E-state index contributed by atoms with van der Waals surface area (Å²) in [5, 5.41) is 13.3. The number of ether oxygens (including phenoxy) is 1. The number of hydrogen-bond acceptors (Lipinski definition) is 5. The lowest BCUT2D eigenvalue weighted by Gasteiger charge is -2.29. The molecule has 4 aromatic rings. The number of pyridine rings is 1. The highest BCUT2D eigenvalue weighted by molar-refractivity contribution is 6.30. The average molecular weight is 530 g/mol. The molecule has 1 aliphatic carbocycles. The van der Waals surface area contributed by atoms with E-state index in [0.717, 1.165) is 36.7 Å². The largest absolute Gasteiger partial charge is 0.497 e. The SMILES string of the molecule is COc1ccc(-n2c(=O)n(CC3CCC(NC(=O)c4cc(Cl)cnc4C)CC3)c3ccccc32)c(C#N)c1. The molecule has 1 aliphatic rings. The van der Waals surface area contributed by atoms with Gasteiger partial charge in [-0.3, -0.25) is 18.9 Å². The average Bonchev–Trinajstić information content (AvgIpc) is 3.21. The van der Waals surface area contributed by atoms with Crippen LogP contribution in [-0.4, -0.2) is 33.2 Å². The van der Waals surface area contributed by atoms with Crippen molar-refractivity contribution in [3.05, 3.63) is 87.1 Å². The number of para-hydroxylation sites is 2. The normalized spacial score (nSPS) is 17.2. The first kappa shape index (κ1) is 25.6. The molecule has 0 bridgehead atoms. The first-order valence-electron chi connectivity index (χ1n) is 12.6. The van der Waals surface area contributed by atoms with E-state index in [1.54, 1.807) is 42.9 Å². The van der Waals surface area contributed by atoms with Gasteiger partial charge in [-0.25, -0.2) is 4.79 Å². The zero-order valence-corrected chi connectivity index (χ0v) is 22.0. The van der Waals surface area contributed by atoms with Gasteiger partial charge in [-0.2, -0.15) is 5.26 Å².